The van der Waals surface area contributed by atoms with Gasteiger partial charge in [0.15, 0.2) is 5.82 Å². The van der Waals surface area contributed by atoms with Crippen molar-refractivity contribution in [1.29, 1.82) is 0 Å². The van der Waals surface area contributed by atoms with Crippen molar-refractivity contribution in [2.75, 3.05) is 11.9 Å². The summed E-state index contributed by atoms with van der Waals surface area (Å²) in [4.78, 5) is 16.5. The van der Waals surface area contributed by atoms with Gasteiger partial charge >= 0.3 is 6.18 Å². The van der Waals surface area contributed by atoms with Gasteiger partial charge in [0.1, 0.15) is 6.61 Å². The number of aromatic nitrogens is 3. The number of benzene rings is 1. The zero-order valence-electron chi connectivity index (χ0n) is 14.0. The molecule has 0 aliphatic rings. The number of rotatable bonds is 6. The molecule has 0 saturated heterocycles. The molecule has 27 heavy (non-hydrogen) atoms. The predicted octanol–water partition coefficient (Wildman–Crippen LogP) is 3.60. The highest BCUT2D eigenvalue weighted by Crippen LogP contribution is 2.16. The minimum atomic E-state index is -4.36. The van der Waals surface area contributed by atoms with E-state index in [0.717, 1.165) is 0 Å². The minimum absolute atomic E-state index is 0.180. The Bertz CT molecular complexity index is 876. The van der Waals surface area contributed by atoms with Crippen LogP contribution in [0.2, 0.25) is 0 Å². The van der Waals surface area contributed by atoms with Crippen molar-refractivity contribution in [2.24, 2.45) is 0 Å². The highest BCUT2D eigenvalue weighted by molar-refractivity contribution is 6.04. The Morgan fingerprint density at radius 3 is 2.52 bits per heavy atom. The SMILES string of the molecule is O=C(Nc1ccc(-n2cccn2)nc1)c1ccc(COCC(F)(F)F)cc1. The lowest BCUT2D eigenvalue weighted by molar-refractivity contribution is -0.176. The lowest BCUT2D eigenvalue weighted by Gasteiger charge is -2.09. The molecule has 0 aliphatic heterocycles. The Morgan fingerprint density at radius 2 is 1.93 bits per heavy atom. The summed E-state index contributed by atoms with van der Waals surface area (Å²) in [7, 11) is 0. The van der Waals surface area contributed by atoms with Crippen LogP contribution in [0.3, 0.4) is 0 Å². The van der Waals surface area contributed by atoms with Gasteiger partial charge in [0.2, 0.25) is 0 Å². The fourth-order valence-electron chi connectivity index (χ4n) is 2.24. The highest BCUT2D eigenvalue weighted by Gasteiger charge is 2.27. The van der Waals surface area contributed by atoms with E-state index < -0.39 is 12.8 Å². The summed E-state index contributed by atoms with van der Waals surface area (Å²) < 4.78 is 42.3. The van der Waals surface area contributed by atoms with Crippen LogP contribution in [-0.2, 0) is 11.3 Å². The van der Waals surface area contributed by atoms with E-state index in [4.69, 9.17) is 0 Å². The summed E-state index contributed by atoms with van der Waals surface area (Å²) in [6.45, 7) is -1.49. The summed E-state index contributed by atoms with van der Waals surface area (Å²) in [5, 5.41) is 6.76. The van der Waals surface area contributed by atoms with Gasteiger partial charge in [-0.3, -0.25) is 4.79 Å². The zero-order valence-corrected chi connectivity index (χ0v) is 14.0. The van der Waals surface area contributed by atoms with Gasteiger partial charge in [0.05, 0.1) is 18.5 Å². The largest absolute Gasteiger partial charge is 0.411 e. The van der Waals surface area contributed by atoms with Crippen molar-refractivity contribution in [1.82, 2.24) is 14.8 Å². The maximum absolute atomic E-state index is 12.2. The minimum Gasteiger partial charge on any atom is -0.367 e. The monoisotopic (exact) mass is 376 g/mol. The van der Waals surface area contributed by atoms with Gasteiger partial charge in [0, 0.05) is 18.0 Å². The van der Waals surface area contributed by atoms with Crippen molar-refractivity contribution < 1.29 is 22.7 Å². The topological polar surface area (TPSA) is 69.0 Å². The number of nitrogens with one attached hydrogen (secondary N) is 1. The molecule has 1 aromatic carbocycles. The van der Waals surface area contributed by atoms with Crippen LogP contribution in [0.4, 0.5) is 18.9 Å². The molecule has 3 aromatic rings. The second-order valence-corrected chi connectivity index (χ2v) is 5.61. The first kappa shape index (κ1) is 18.6. The first-order valence-corrected chi connectivity index (χ1v) is 7.91. The maximum Gasteiger partial charge on any atom is 0.411 e. The molecule has 6 nitrogen and oxygen atoms in total. The molecule has 0 spiro atoms. The van der Waals surface area contributed by atoms with Crippen LogP contribution in [0, 0.1) is 0 Å². The summed E-state index contributed by atoms with van der Waals surface area (Å²) in [6, 6.07) is 11.3. The van der Waals surface area contributed by atoms with Gasteiger partial charge in [-0.25, -0.2) is 9.67 Å². The molecule has 2 heterocycles. The second kappa shape index (κ2) is 8.00. The number of alkyl halides is 3. The number of ether oxygens (including phenoxy) is 1. The average Bonchev–Trinajstić information content (AvgIpc) is 3.16. The summed E-state index contributed by atoms with van der Waals surface area (Å²) in [5.41, 5.74) is 1.42. The molecule has 0 unspecified atom stereocenters. The number of carbonyl (C=O) groups excluding carboxylic acids is 1. The maximum atomic E-state index is 12.2. The Labute approximate surface area is 152 Å². The van der Waals surface area contributed by atoms with Crippen LogP contribution in [0.15, 0.2) is 61.1 Å². The molecule has 0 radical (unpaired) electrons. The molecule has 0 atom stereocenters. The molecular formula is C18H15F3N4O2. The van der Waals surface area contributed by atoms with Gasteiger partial charge in [-0.1, -0.05) is 12.1 Å². The van der Waals surface area contributed by atoms with Crippen LogP contribution in [-0.4, -0.2) is 33.5 Å². The van der Waals surface area contributed by atoms with Crippen molar-refractivity contribution >= 4 is 11.6 Å². The lowest BCUT2D eigenvalue weighted by Crippen LogP contribution is -2.16. The van der Waals surface area contributed by atoms with E-state index >= 15 is 0 Å². The Kier molecular flexibility index (Phi) is 5.51. The third-order valence-electron chi connectivity index (χ3n) is 3.50. The van der Waals surface area contributed by atoms with Crippen LogP contribution < -0.4 is 5.32 Å². The first-order valence-electron chi connectivity index (χ1n) is 7.91. The molecule has 1 amide bonds. The van der Waals surface area contributed by atoms with E-state index in [1.807, 2.05) is 0 Å². The van der Waals surface area contributed by atoms with E-state index in [0.29, 0.717) is 22.6 Å². The number of carbonyl (C=O) groups is 1. The van der Waals surface area contributed by atoms with E-state index in [-0.39, 0.29) is 12.5 Å². The number of nitrogens with zero attached hydrogens (tertiary/aromatic N) is 3. The Hall–Kier alpha value is -3.20. The van der Waals surface area contributed by atoms with Crippen molar-refractivity contribution in [3.8, 4) is 5.82 Å². The van der Waals surface area contributed by atoms with Crippen molar-refractivity contribution in [2.45, 2.75) is 12.8 Å². The van der Waals surface area contributed by atoms with Crippen LogP contribution in [0.5, 0.6) is 0 Å². The summed E-state index contributed by atoms with van der Waals surface area (Å²) in [6.07, 6.45) is 0.533. The Morgan fingerprint density at radius 1 is 1.15 bits per heavy atom. The predicted molar refractivity (Wildman–Crippen MR) is 91.5 cm³/mol. The molecule has 9 heteroatoms. The molecule has 0 aliphatic carbocycles. The van der Waals surface area contributed by atoms with Gasteiger partial charge in [-0.2, -0.15) is 18.3 Å². The normalized spacial score (nSPS) is 11.4. The van der Waals surface area contributed by atoms with Crippen LogP contribution in [0.1, 0.15) is 15.9 Å². The average molecular weight is 376 g/mol. The molecule has 0 bridgehead atoms. The second-order valence-electron chi connectivity index (χ2n) is 5.61. The number of hydrogen-bond acceptors (Lipinski definition) is 4. The van der Waals surface area contributed by atoms with Gasteiger partial charge in [0.25, 0.3) is 5.91 Å². The highest BCUT2D eigenvalue weighted by atomic mass is 19.4. The number of pyridine rings is 1. The van der Waals surface area contributed by atoms with Crippen molar-refractivity contribution in [3.05, 3.63) is 72.2 Å². The standard InChI is InChI=1S/C18H15F3N4O2/c19-18(20,21)12-27-11-13-2-4-14(5-3-13)17(26)24-15-6-7-16(22-10-15)25-9-1-8-23-25/h1-10H,11-12H2,(H,24,26). The summed E-state index contributed by atoms with van der Waals surface area (Å²) in [5.74, 6) is 0.257. The van der Waals surface area contributed by atoms with E-state index in [1.165, 1.54) is 18.3 Å². The molecule has 0 fully saturated rings. The zero-order chi connectivity index (χ0) is 19.3. The van der Waals surface area contributed by atoms with Crippen molar-refractivity contribution in [3.63, 3.8) is 0 Å². The fraction of sp³-hybridized carbons (Fsp3) is 0.167. The molecule has 1 N–H and O–H groups in total. The summed E-state index contributed by atoms with van der Waals surface area (Å²) >= 11 is 0. The Balaban J connectivity index is 1.56. The molecule has 140 valence electrons. The third-order valence-corrected chi connectivity index (χ3v) is 3.50. The number of halogens is 3. The van der Waals surface area contributed by atoms with E-state index in [2.05, 4.69) is 20.1 Å². The fourth-order valence-corrected chi connectivity index (χ4v) is 2.24. The third kappa shape index (κ3) is 5.38. The van der Waals surface area contributed by atoms with E-state index in [9.17, 15) is 18.0 Å². The number of hydrogen-bond donors (Lipinski definition) is 1. The quantitative estimate of drug-likeness (QED) is 0.714. The number of amides is 1. The van der Waals surface area contributed by atoms with Crippen LogP contribution >= 0.6 is 0 Å². The first-order chi connectivity index (χ1) is 12.9. The van der Waals surface area contributed by atoms with E-state index in [1.54, 1.807) is 47.4 Å². The molecule has 3 rings (SSSR count). The number of anilines is 1. The smallest absolute Gasteiger partial charge is 0.367 e. The lowest BCUT2D eigenvalue weighted by atomic mass is 10.1. The van der Waals surface area contributed by atoms with Crippen LogP contribution in [0.25, 0.3) is 5.82 Å². The molecule has 0 saturated carbocycles. The van der Waals surface area contributed by atoms with Gasteiger partial charge in [-0.15, -0.1) is 0 Å². The molecule has 2 aromatic heterocycles. The van der Waals surface area contributed by atoms with Gasteiger partial charge < -0.3 is 10.1 Å². The van der Waals surface area contributed by atoms with Gasteiger partial charge in [-0.05, 0) is 35.9 Å². The molecular weight excluding hydrogens is 361 g/mol.